The Morgan fingerprint density at radius 3 is 2.57 bits per heavy atom. The van der Waals surface area contributed by atoms with Crippen LogP contribution in [0.15, 0.2) is 54.9 Å². The van der Waals surface area contributed by atoms with Gasteiger partial charge >= 0.3 is 6.18 Å². The predicted octanol–water partition coefficient (Wildman–Crippen LogP) is 4.53. The summed E-state index contributed by atoms with van der Waals surface area (Å²) in [6, 6.07) is 12.1. The van der Waals surface area contributed by atoms with Crippen LogP contribution in [-0.4, -0.2) is 22.8 Å². The van der Waals surface area contributed by atoms with E-state index >= 15 is 0 Å². The summed E-state index contributed by atoms with van der Waals surface area (Å²) in [4.78, 5) is 4.16. The first kappa shape index (κ1) is 19.3. The second-order valence-electron chi connectivity index (χ2n) is 5.86. The minimum Gasteiger partial charge on any atom is -0.490 e. The SMILES string of the molecule is Cc1nccn1-c1cccc(OCCOc2ccc(C#N)cc2C(F)(F)F)c1. The van der Waals surface area contributed by atoms with Crippen LogP contribution < -0.4 is 9.47 Å². The number of halogens is 3. The van der Waals surface area contributed by atoms with Crippen LogP contribution in [0.3, 0.4) is 0 Å². The third-order valence-corrected chi connectivity index (χ3v) is 3.95. The minimum absolute atomic E-state index is 0.0592. The van der Waals surface area contributed by atoms with Gasteiger partial charge in [-0.05, 0) is 37.3 Å². The molecule has 0 amide bonds. The van der Waals surface area contributed by atoms with Crippen LogP contribution in [0.25, 0.3) is 5.69 Å². The van der Waals surface area contributed by atoms with Gasteiger partial charge in [0.25, 0.3) is 0 Å². The number of rotatable bonds is 6. The number of aromatic nitrogens is 2. The molecule has 0 aliphatic heterocycles. The van der Waals surface area contributed by atoms with Gasteiger partial charge in [0.15, 0.2) is 0 Å². The lowest BCUT2D eigenvalue weighted by Gasteiger charge is -2.15. The second kappa shape index (κ2) is 8.05. The molecule has 2 aromatic carbocycles. The molecule has 144 valence electrons. The quantitative estimate of drug-likeness (QED) is 0.583. The van der Waals surface area contributed by atoms with Gasteiger partial charge < -0.3 is 14.0 Å². The van der Waals surface area contributed by atoms with E-state index in [1.807, 2.05) is 29.8 Å². The van der Waals surface area contributed by atoms with E-state index in [1.165, 1.54) is 6.07 Å². The predicted molar refractivity (Wildman–Crippen MR) is 95.5 cm³/mol. The molecule has 28 heavy (non-hydrogen) atoms. The summed E-state index contributed by atoms with van der Waals surface area (Å²) in [5.41, 5.74) is -0.202. The zero-order valence-corrected chi connectivity index (χ0v) is 14.9. The van der Waals surface area contributed by atoms with Crippen molar-refractivity contribution >= 4 is 0 Å². The molecule has 5 nitrogen and oxygen atoms in total. The molecule has 3 rings (SSSR count). The number of hydrogen-bond acceptors (Lipinski definition) is 4. The Balaban J connectivity index is 1.63. The highest BCUT2D eigenvalue weighted by molar-refractivity contribution is 5.43. The van der Waals surface area contributed by atoms with Crippen molar-refractivity contribution in [1.82, 2.24) is 9.55 Å². The summed E-state index contributed by atoms with van der Waals surface area (Å²) in [6.07, 6.45) is -1.10. The lowest BCUT2D eigenvalue weighted by atomic mass is 10.1. The van der Waals surface area contributed by atoms with Crippen LogP contribution in [0.2, 0.25) is 0 Å². The molecule has 1 heterocycles. The molecular weight excluding hydrogens is 371 g/mol. The number of imidazole rings is 1. The first-order valence-corrected chi connectivity index (χ1v) is 8.36. The van der Waals surface area contributed by atoms with Crippen LogP contribution in [0.5, 0.6) is 11.5 Å². The van der Waals surface area contributed by atoms with Crippen molar-refractivity contribution in [1.29, 1.82) is 5.26 Å². The van der Waals surface area contributed by atoms with Gasteiger partial charge in [-0.2, -0.15) is 18.4 Å². The Hall–Kier alpha value is -3.47. The summed E-state index contributed by atoms with van der Waals surface area (Å²) >= 11 is 0. The van der Waals surface area contributed by atoms with E-state index in [0.717, 1.165) is 23.6 Å². The fourth-order valence-electron chi connectivity index (χ4n) is 2.63. The van der Waals surface area contributed by atoms with Gasteiger partial charge in [-0.25, -0.2) is 4.98 Å². The normalized spacial score (nSPS) is 11.1. The van der Waals surface area contributed by atoms with Crippen molar-refractivity contribution in [3.63, 3.8) is 0 Å². The molecule has 0 saturated heterocycles. The summed E-state index contributed by atoms with van der Waals surface area (Å²) in [7, 11) is 0. The molecule has 1 aromatic heterocycles. The van der Waals surface area contributed by atoms with Gasteiger partial charge in [-0.1, -0.05) is 6.07 Å². The first-order valence-electron chi connectivity index (χ1n) is 8.36. The van der Waals surface area contributed by atoms with Gasteiger partial charge in [-0.15, -0.1) is 0 Å². The van der Waals surface area contributed by atoms with Crippen molar-refractivity contribution in [3.05, 3.63) is 71.8 Å². The molecule has 0 fully saturated rings. The Kier molecular flexibility index (Phi) is 5.54. The molecule has 0 spiro atoms. The van der Waals surface area contributed by atoms with Gasteiger partial charge in [-0.3, -0.25) is 0 Å². The van der Waals surface area contributed by atoms with E-state index in [1.54, 1.807) is 24.4 Å². The average Bonchev–Trinajstić information content (AvgIpc) is 3.10. The number of nitrogens with zero attached hydrogens (tertiary/aromatic N) is 3. The number of aryl methyl sites for hydroxylation is 1. The molecule has 0 N–H and O–H groups in total. The van der Waals surface area contributed by atoms with Crippen molar-refractivity contribution in [2.75, 3.05) is 13.2 Å². The lowest BCUT2D eigenvalue weighted by Crippen LogP contribution is -2.13. The third kappa shape index (κ3) is 4.43. The highest BCUT2D eigenvalue weighted by atomic mass is 19.4. The lowest BCUT2D eigenvalue weighted by molar-refractivity contribution is -0.139. The summed E-state index contributed by atoms with van der Waals surface area (Å²) in [5.74, 6) is 1.05. The van der Waals surface area contributed by atoms with Gasteiger partial charge in [0.1, 0.15) is 30.5 Å². The molecule has 0 unspecified atom stereocenters. The summed E-state index contributed by atoms with van der Waals surface area (Å²) < 4.78 is 52.1. The molecule has 0 aliphatic carbocycles. The van der Waals surface area contributed by atoms with Crippen molar-refractivity contribution < 1.29 is 22.6 Å². The second-order valence-corrected chi connectivity index (χ2v) is 5.86. The number of ether oxygens (including phenoxy) is 2. The molecule has 3 aromatic rings. The number of benzene rings is 2. The van der Waals surface area contributed by atoms with Crippen LogP contribution in [0, 0.1) is 18.3 Å². The Morgan fingerprint density at radius 2 is 1.89 bits per heavy atom. The smallest absolute Gasteiger partial charge is 0.420 e. The van der Waals surface area contributed by atoms with E-state index in [9.17, 15) is 13.2 Å². The standard InChI is InChI=1S/C20H16F3N3O2/c1-14-25-7-8-26(14)16-3-2-4-17(12-16)27-9-10-28-19-6-5-15(13-24)11-18(19)20(21,22)23/h2-8,11-12H,9-10H2,1H3. The molecule has 0 atom stereocenters. The number of hydrogen-bond donors (Lipinski definition) is 0. The molecule has 0 aliphatic rings. The fourth-order valence-corrected chi connectivity index (χ4v) is 2.63. The van der Waals surface area contributed by atoms with E-state index in [-0.39, 0.29) is 24.5 Å². The zero-order chi connectivity index (χ0) is 20.1. The molecule has 0 radical (unpaired) electrons. The minimum atomic E-state index is -4.61. The fraction of sp³-hybridized carbons (Fsp3) is 0.200. The maximum absolute atomic E-state index is 13.1. The highest BCUT2D eigenvalue weighted by Crippen LogP contribution is 2.36. The van der Waals surface area contributed by atoms with Crippen LogP contribution in [0.4, 0.5) is 13.2 Å². The Labute approximate surface area is 159 Å². The molecule has 0 saturated carbocycles. The van der Waals surface area contributed by atoms with Gasteiger partial charge in [0, 0.05) is 18.5 Å². The van der Waals surface area contributed by atoms with Crippen LogP contribution in [0.1, 0.15) is 17.0 Å². The first-order chi connectivity index (χ1) is 13.4. The van der Waals surface area contributed by atoms with E-state index in [0.29, 0.717) is 5.75 Å². The Morgan fingerprint density at radius 1 is 1.11 bits per heavy atom. The summed E-state index contributed by atoms with van der Waals surface area (Å²) in [6.45, 7) is 1.85. The monoisotopic (exact) mass is 387 g/mol. The Bertz CT molecular complexity index is 1010. The zero-order valence-electron chi connectivity index (χ0n) is 14.9. The molecule has 0 bridgehead atoms. The molecular formula is C20H16F3N3O2. The highest BCUT2D eigenvalue weighted by Gasteiger charge is 2.34. The van der Waals surface area contributed by atoms with Crippen LogP contribution >= 0.6 is 0 Å². The van der Waals surface area contributed by atoms with E-state index in [2.05, 4.69) is 4.98 Å². The largest absolute Gasteiger partial charge is 0.490 e. The average molecular weight is 387 g/mol. The number of alkyl halides is 3. The number of nitriles is 1. The van der Waals surface area contributed by atoms with E-state index in [4.69, 9.17) is 14.7 Å². The maximum atomic E-state index is 13.1. The van der Waals surface area contributed by atoms with Crippen molar-refractivity contribution in [2.24, 2.45) is 0 Å². The molecule has 8 heteroatoms. The van der Waals surface area contributed by atoms with Crippen molar-refractivity contribution in [2.45, 2.75) is 13.1 Å². The maximum Gasteiger partial charge on any atom is 0.420 e. The summed E-state index contributed by atoms with van der Waals surface area (Å²) in [5, 5.41) is 8.78. The van der Waals surface area contributed by atoms with Gasteiger partial charge in [0.2, 0.25) is 0 Å². The topological polar surface area (TPSA) is 60.1 Å². The van der Waals surface area contributed by atoms with Gasteiger partial charge in [0.05, 0.1) is 22.9 Å². The third-order valence-electron chi connectivity index (χ3n) is 3.95. The van der Waals surface area contributed by atoms with Crippen molar-refractivity contribution in [3.8, 4) is 23.3 Å². The van der Waals surface area contributed by atoms with Crippen LogP contribution in [-0.2, 0) is 6.18 Å². The van der Waals surface area contributed by atoms with E-state index < -0.39 is 11.7 Å².